The molecule has 3 rings (SSSR count). The van der Waals surface area contributed by atoms with Crippen molar-refractivity contribution in [3.05, 3.63) is 59.7 Å². The van der Waals surface area contributed by atoms with Gasteiger partial charge < -0.3 is 20.3 Å². The van der Waals surface area contributed by atoms with Crippen molar-refractivity contribution in [2.24, 2.45) is 5.73 Å². The maximum absolute atomic E-state index is 12.8. The minimum absolute atomic E-state index is 0.0655. The summed E-state index contributed by atoms with van der Waals surface area (Å²) in [6.45, 7) is 3.34. The molecule has 1 fully saturated rings. The topological polar surface area (TPSA) is 58.8 Å². The first-order valence-corrected chi connectivity index (χ1v) is 8.20. The molecule has 1 heterocycles. The highest BCUT2D eigenvalue weighted by molar-refractivity contribution is 5.95. The predicted octanol–water partition coefficient (Wildman–Crippen LogP) is 2.12. The van der Waals surface area contributed by atoms with Crippen LogP contribution in [0.25, 0.3) is 0 Å². The van der Waals surface area contributed by atoms with E-state index in [-0.39, 0.29) is 5.91 Å². The Hall–Kier alpha value is -2.53. The van der Waals surface area contributed by atoms with Crippen LogP contribution in [-0.2, 0) is 6.54 Å². The van der Waals surface area contributed by atoms with Crippen molar-refractivity contribution in [1.82, 2.24) is 4.90 Å². The molecule has 24 heavy (non-hydrogen) atoms. The molecule has 0 radical (unpaired) electrons. The van der Waals surface area contributed by atoms with Crippen molar-refractivity contribution in [3.8, 4) is 5.75 Å². The fraction of sp³-hybridized carbons (Fsp3) is 0.316. The highest BCUT2D eigenvalue weighted by atomic mass is 16.5. The monoisotopic (exact) mass is 325 g/mol. The number of nitrogens with zero attached hydrogens (tertiary/aromatic N) is 2. The van der Waals surface area contributed by atoms with Crippen molar-refractivity contribution in [1.29, 1.82) is 0 Å². The van der Waals surface area contributed by atoms with Crippen molar-refractivity contribution in [3.63, 3.8) is 0 Å². The van der Waals surface area contributed by atoms with Gasteiger partial charge in [0, 0.05) is 38.3 Å². The van der Waals surface area contributed by atoms with Crippen LogP contribution in [0, 0.1) is 0 Å². The van der Waals surface area contributed by atoms with Crippen molar-refractivity contribution in [2.45, 2.75) is 6.54 Å². The smallest absolute Gasteiger partial charge is 0.254 e. The third-order valence-corrected chi connectivity index (χ3v) is 4.46. The number of benzene rings is 2. The number of para-hydroxylation sites is 2. The minimum Gasteiger partial charge on any atom is -0.495 e. The molecule has 2 N–H and O–H groups in total. The first-order valence-electron chi connectivity index (χ1n) is 8.20. The summed E-state index contributed by atoms with van der Waals surface area (Å²) < 4.78 is 5.44. The highest BCUT2D eigenvalue weighted by Crippen LogP contribution is 2.28. The molecule has 5 heteroatoms. The molecular weight excluding hydrogens is 302 g/mol. The van der Waals surface area contributed by atoms with E-state index >= 15 is 0 Å². The van der Waals surface area contributed by atoms with E-state index in [1.807, 2.05) is 47.4 Å². The summed E-state index contributed by atoms with van der Waals surface area (Å²) in [5, 5.41) is 0. The van der Waals surface area contributed by atoms with Crippen molar-refractivity contribution >= 4 is 11.6 Å². The molecule has 1 aliphatic rings. The van der Waals surface area contributed by atoms with Gasteiger partial charge in [0.05, 0.1) is 12.8 Å². The van der Waals surface area contributed by atoms with Crippen molar-refractivity contribution < 1.29 is 9.53 Å². The van der Waals surface area contributed by atoms with E-state index in [1.165, 1.54) is 0 Å². The van der Waals surface area contributed by atoms with Gasteiger partial charge in [-0.3, -0.25) is 4.79 Å². The van der Waals surface area contributed by atoms with Gasteiger partial charge in [-0.2, -0.15) is 0 Å². The molecule has 0 aliphatic carbocycles. The Morgan fingerprint density at radius 2 is 1.71 bits per heavy atom. The van der Waals surface area contributed by atoms with E-state index < -0.39 is 0 Å². The Bertz CT molecular complexity index is 709. The number of carbonyl (C=O) groups excluding carboxylic acids is 1. The van der Waals surface area contributed by atoms with E-state index in [4.69, 9.17) is 10.5 Å². The van der Waals surface area contributed by atoms with Crippen LogP contribution in [0.3, 0.4) is 0 Å². The molecule has 0 spiro atoms. The maximum atomic E-state index is 12.8. The van der Waals surface area contributed by atoms with Gasteiger partial charge in [-0.15, -0.1) is 0 Å². The lowest BCUT2D eigenvalue weighted by atomic mass is 10.1. The van der Waals surface area contributed by atoms with Gasteiger partial charge in [0.25, 0.3) is 5.91 Å². The van der Waals surface area contributed by atoms with E-state index in [0.717, 1.165) is 30.1 Å². The third kappa shape index (κ3) is 3.21. The SMILES string of the molecule is COc1ccccc1N1CCN(C(=O)c2ccccc2CN)CC1. The molecule has 1 saturated heterocycles. The molecule has 0 aromatic heterocycles. The Balaban J connectivity index is 1.70. The Morgan fingerprint density at radius 1 is 1.04 bits per heavy atom. The standard InChI is InChI=1S/C19H23N3O2/c1-24-18-9-5-4-8-17(18)21-10-12-22(13-11-21)19(23)16-7-3-2-6-15(16)14-20/h2-9H,10-14,20H2,1H3. The van der Waals surface area contributed by atoms with Crippen LogP contribution in [0.1, 0.15) is 15.9 Å². The number of ether oxygens (including phenoxy) is 1. The first kappa shape index (κ1) is 16.3. The second-order valence-corrected chi connectivity index (χ2v) is 5.81. The van der Waals surface area contributed by atoms with Crippen LogP contribution in [0.15, 0.2) is 48.5 Å². The van der Waals surface area contributed by atoms with Crippen molar-refractivity contribution in [2.75, 3.05) is 38.2 Å². The predicted molar refractivity (Wildman–Crippen MR) is 95.4 cm³/mol. The van der Waals surface area contributed by atoms with E-state index in [1.54, 1.807) is 7.11 Å². The molecule has 126 valence electrons. The number of hydrogen-bond acceptors (Lipinski definition) is 4. The molecule has 0 saturated carbocycles. The van der Waals surface area contributed by atoms with Gasteiger partial charge >= 0.3 is 0 Å². The molecule has 2 aromatic carbocycles. The lowest BCUT2D eigenvalue weighted by Crippen LogP contribution is -2.49. The number of rotatable bonds is 4. The Labute approximate surface area is 142 Å². The third-order valence-electron chi connectivity index (χ3n) is 4.46. The summed E-state index contributed by atoms with van der Waals surface area (Å²) in [6.07, 6.45) is 0. The normalized spacial score (nSPS) is 14.6. The van der Waals surface area contributed by atoms with Gasteiger partial charge in [-0.25, -0.2) is 0 Å². The second kappa shape index (κ2) is 7.36. The zero-order valence-corrected chi connectivity index (χ0v) is 13.9. The quantitative estimate of drug-likeness (QED) is 0.935. The fourth-order valence-electron chi connectivity index (χ4n) is 3.12. The zero-order chi connectivity index (χ0) is 16.9. The lowest BCUT2D eigenvalue weighted by molar-refractivity contribution is 0.0745. The highest BCUT2D eigenvalue weighted by Gasteiger charge is 2.24. The van der Waals surface area contributed by atoms with E-state index in [9.17, 15) is 4.79 Å². The second-order valence-electron chi connectivity index (χ2n) is 5.81. The zero-order valence-electron chi connectivity index (χ0n) is 13.9. The molecule has 0 unspecified atom stereocenters. The molecule has 0 bridgehead atoms. The molecule has 0 atom stereocenters. The number of methoxy groups -OCH3 is 1. The molecule has 1 amide bonds. The Morgan fingerprint density at radius 3 is 2.42 bits per heavy atom. The van der Waals surface area contributed by atoms with Gasteiger partial charge in [0.2, 0.25) is 0 Å². The number of carbonyl (C=O) groups is 1. The van der Waals surface area contributed by atoms with Crippen LogP contribution < -0.4 is 15.4 Å². The fourth-order valence-corrected chi connectivity index (χ4v) is 3.12. The van der Waals surface area contributed by atoms with Crippen LogP contribution in [0.4, 0.5) is 5.69 Å². The summed E-state index contributed by atoms with van der Waals surface area (Å²) >= 11 is 0. The summed E-state index contributed by atoms with van der Waals surface area (Å²) in [5.41, 5.74) is 8.44. The van der Waals surface area contributed by atoms with E-state index in [0.29, 0.717) is 25.2 Å². The molecule has 2 aromatic rings. The molecular formula is C19H23N3O2. The first-order chi connectivity index (χ1) is 11.7. The molecule has 1 aliphatic heterocycles. The van der Waals surface area contributed by atoms with Gasteiger partial charge in [-0.1, -0.05) is 30.3 Å². The largest absolute Gasteiger partial charge is 0.495 e. The lowest BCUT2D eigenvalue weighted by Gasteiger charge is -2.36. The number of anilines is 1. The maximum Gasteiger partial charge on any atom is 0.254 e. The number of nitrogens with two attached hydrogens (primary N) is 1. The number of amides is 1. The number of piperazine rings is 1. The summed E-state index contributed by atoms with van der Waals surface area (Å²) in [4.78, 5) is 16.9. The van der Waals surface area contributed by atoms with Crippen LogP contribution >= 0.6 is 0 Å². The van der Waals surface area contributed by atoms with Gasteiger partial charge in [0.15, 0.2) is 0 Å². The average Bonchev–Trinajstić information content (AvgIpc) is 2.67. The summed E-state index contributed by atoms with van der Waals surface area (Å²) in [6, 6.07) is 15.6. The number of hydrogen-bond donors (Lipinski definition) is 1. The van der Waals surface area contributed by atoms with Crippen LogP contribution in [-0.4, -0.2) is 44.1 Å². The van der Waals surface area contributed by atoms with Crippen LogP contribution in [0.2, 0.25) is 0 Å². The van der Waals surface area contributed by atoms with Crippen LogP contribution in [0.5, 0.6) is 5.75 Å². The van der Waals surface area contributed by atoms with E-state index in [2.05, 4.69) is 11.0 Å². The summed E-state index contributed by atoms with van der Waals surface area (Å²) in [5.74, 6) is 0.932. The minimum atomic E-state index is 0.0655. The van der Waals surface area contributed by atoms with Gasteiger partial charge in [-0.05, 0) is 23.8 Å². The van der Waals surface area contributed by atoms with Gasteiger partial charge in [0.1, 0.15) is 5.75 Å². The average molecular weight is 325 g/mol. The molecule has 5 nitrogen and oxygen atoms in total. The Kier molecular flexibility index (Phi) is 5.01. The summed E-state index contributed by atoms with van der Waals surface area (Å²) in [7, 11) is 1.68.